The fraction of sp³-hybridized carbons (Fsp3) is 0.647. The van der Waals surface area contributed by atoms with E-state index in [1.165, 1.54) is 0 Å². The number of carbonyl (C=O) groups is 1. The summed E-state index contributed by atoms with van der Waals surface area (Å²) in [6, 6.07) is 4.12. The van der Waals surface area contributed by atoms with Crippen molar-refractivity contribution in [3.05, 3.63) is 23.9 Å². The Balaban J connectivity index is 1.63. The summed E-state index contributed by atoms with van der Waals surface area (Å²) >= 11 is 0. The molecule has 2 aliphatic heterocycles. The summed E-state index contributed by atoms with van der Waals surface area (Å²) in [6.45, 7) is 5.03. The van der Waals surface area contributed by atoms with Crippen molar-refractivity contribution >= 4 is 5.91 Å². The van der Waals surface area contributed by atoms with Gasteiger partial charge in [0.1, 0.15) is 6.61 Å². The maximum Gasteiger partial charge on any atom is 0.248 e. The van der Waals surface area contributed by atoms with Gasteiger partial charge in [0, 0.05) is 38.4 Å². The lowest BCUT2D eigenvalue weighted by Gasteiger charge is -2.50. The van der Waals surface area contributed by atoms with Crippen molar-refractivity contribution in [2.75, 3.05) is 33.9 Å². The summed E-state index contributed by atoms with van der Waals surface area (Å²) in [4.78, 5) is 20.3. The minimum absolute atomic E-state index is 0.0747. The lowest BCUT2D eigenvalue weighted by atomic mass is 9.83. The summed E-state index contributed by atoms with van der Waals surface area (Å²) in [5.74, 6) is 0.769. The zero-order valence-electron chi connectivity index (χ0n) is 14.1. The molecule has 3 rings (SSSR count). The first-order chi connectivity index (χ1) is 11.1. The van der Waals surface area contributed by atoms with Crippen molar-refractivity contribution < 1.29 is 14.3 Å². The second-order valence-corrected chi connectivity index (χ2v) is 6.48. The highest BCUT2D eigenvalue weighted by Gasteiger charge is 2.46. The molecule has 3 heterocycles. The van der Waals surface area contributed by atoms with E-state index < -0.39 is 0 Å². The number of likely N-dealkylation sites (tertiary alicyclic amines) is 1. The van der Waals surface area contributed by atoms with Gasteiger partial charge < -0.3 is 14.4 Å². The van der Waals surface area contributed by atoms with Gasteiger partial charge in [0.15, 0.2) is 0 Å². The quantitative estimate of drug-likeness (QED) is 0.840. The van der Waals surface area contributed by atoms with Crippen molar-refractivity contribution in [1.29, 1.82) is 0 Å². The third-order valence-corrected chi connectivity index (χ3v) is 5.36. The highest BCUT2D eigenvalue weighted by atomic mass is 16.5. The summed E-state index contributed by atoms with van der Waals surface area (Å²) in [5, 5.41) is 0. The first-order valence-corrected chi connectivity index (χ1v) is 8.15. The number of nitrogens with zero attached hydrogens (tertiary/aromatic N) is 3. The van der Waals surface area contributed by atoms with E-state index in [1.807, 2.05) is 18.0 Å². The number of amides is 1. The minimum Gasteiger partial charge on any atom is -0.481 e. The third-order valence-electron chi connectivity index (χ3n) is 5.36. The van der Waals surface area contributed by atoms with E-state index in [0.717, 1.165) is 38.0 Å². The standard InChI is InChI=1S/C17H25N3O3/c1-13-17(23-12-15(21)19(13)2)6-9-20(10-7-17)11-14-5-4-8-18-16(14)22-3/h4-5,8,13H,6-7,9-12H2,1-3H3/t13-/m1/s1. The fourth-order valence-corrected chi connectivity index (χ4v) is 3.62. The number of ether oxygens (including phenoxy) is 2. The lowest BCUT2D eigenvalue weighted by Crippen LogP contribution is -2.62. The molecule has 0 unspecified atom stereocenters. The number of hydrogen-bond acceptors (Lipinski definition) is 5. The smallest absolute Gasteiger partial charge is 0.248 e. The van der Waals surface area contributed by atoms with Crippen LogP contribution in [-0.4, -0.2) is 66.2 Å². The molecule has 6 heteroatoms. The van der Waals surface area contributed by atoms with Crippen LogP contribution in [0.1, 0.15) is 25.3 Å². The van der Waals surface area contributed by atoms with Gasteiger partial charge in [-0.3, -0.25) is 9.69 Å². The Kier molecular flexibility index (Phi) is 4.55. The molecule has 2 fully saturated rings. The fourth-order valence-electron chi connectivity index (χ4n) is 3.62. The predicted octanol–water partition coefficient (Wildman–Crippen LogP) is 1.30. The van der Waals surface area contributed by atoms with Crippen LogP contribution >= 0.6 is 0 Å². The maximum absolute atomic E-state index is 11.8. The second kappa shape index (κ2) is 6.45. The molecule has 1 atom stereocenters. The van der Waals surface area contributed by atoms with E-state index in [4.69, 9.17) is 9.47 Å². The molecule has 0 aliphatic carbocycles. The first kappa shape index (κ1) is 16.2. The van der Waals surface area contributed by atoms with Gasteiger partial charge in [0.2, 0.25) is 11.8 Å². The molecule has 126 valence electrons. The SMILES string of the molecule is COc1ncccc1CN1CCC2(CC1)OCC(=O)N(C)[C@@H]2C. The summed E-state index contributed by atoms with van der Waals surface area (Å²) in [5.41, 5.74) is 0.911. The zero-order valence-corrected chi connectivity index (χ0v) is 14.1. The molecule has 0 aromatic carbocycles. The molecule has 1 aromatic heterocycles. The van der Waals surface area contributed by atoms with Gasteiger partial charge in [0.05, 0.1) is 18.8 Å². The second-order valence-electron chi connectivity index (χ2n) is 6.48. The first-order valence-electron chi connectivity index (χ1n) is 8.15. The largest absolute Gasteiger partial charge is 0.481 e. The monoisotopic (exact) mass is 319 g/mol. The topological polar surface area (TPSA) is 54.9 Å². The number of pyridine rings is 1. The number of methoxy groups -OCH3 is 1. The minimum atomic E-state index is -0.196. The Morgan fingerprint density at radius 3 is 2.87 bits per heavy atom. The van der Waals surface area contributed by atoms with Crippen LogP contribution in [0.4, 0.5) is 0 Å². The summed E-state index contributed by atoms with van der Waals surface area (Å²) < 4.78 is 11.3. The molecule has 0 bridgehead atoms. The van der Waals surface area contributed by atoms with Gasteiger partial charge in [-0.05, 0) is 25.8 Å². The molecule has 2 saturated heterocycles. The van der Waals surface area contributed by atoms with Gasteiger partial charge in [-0.2, -0.15) is 0 Å². The molecule has 0 radical (unpaired) electrons. The molecule has 1 spiro atoms. The van der Waals surface area contributed by atoms with Crippen LogP contribution in [0.2, 0.25) is 0 Å². The van der Waals surface area contributed by atoms with Crippen molar-refractivity contribution in [1.82, 2.24) is 14.8 Å². The van der Waals surface area contributed by atoms with Crippen LogP contribution in [-0.2, 0) is 16.1 Å². The third kappa shape index (κ3) is 3.05. The average molecular weight is 319 g/mol. The number of morpholine rings is 1. The van der Waals surface area contributed by atoms with Crippen molar-refractivity contribution in [2.24, 2.45) is 0 Å². The van der Waals surface area contributed by atoms with E-state index in [9.17, 15) is 4.79 Å². The van der Waals surface area contributed by atoms with Crippen molar-refractivity contribution in [2.45, 2.75) is 38.0 Å². The number of aromatic nitrogens is 1. The van der Waals surface area contributed by atoms with Gasteiger partial charge in [0.25, 0.3) is 0 Å². The van der Waals surface area contributed by atoms with E-state index in [2.05, 4.69) is 22.9 Å². The van der Waals surface area contributed by atoms with Crippen LogP contribution in [0.3, 0.4) is 0 Å². The Morgan fingerprint density at radius 1 is 1.43 bits per heavy atom. The van der Waals surface area contributed by atoms with Crippen LogP contribution in [0.15, 0.2) is 18.3 Å². The molecular weight excluding hydrogens is 294 g/mol. The van der Waals surface area contributed by atoms with Gasteiger partial charge in [-0.25, -0.2) is 4.98 Å². The van der Waals surface area contributed by atoms with Gasteiger partial charge in [-0.15, -0.1) is 0 Å². The highest BCUT2D eigenvalue weighted by molar-refractivity contribution is 5.78. The Labute approximate surface area is 137 Å². The Hall–Kier alpha value is -1.66. The Bertz CT molecular complexity index is 570. The van der Waals surface area contributed by atoms with E-state index in [0.29, 0.717) is 5.88 Å². The zero-order chi connectivity index (χ0) is 16.4. The average Bonchev–Trinajstić information content (AvgIpc) is 2.59. The molecule has 0 saturated carbocycles. The normalized spacial score (nSPS) is 24.9. The molecular formula is C17H25N3O3. The molecule has 23 heavy (non-hydrogen) atoms. The van der Waals surface area contributed by atoms with Crippen molar-refractivity contribution in [3.8, 4) is 5.88 Å². The maximum atomic E-state index is 11.8. The molecule has 0 N–H and O–H groups in total. The van der Waals surface area contributed by atoms with Crippen LogP contribution in [0, 0.1) is 0 Å². The predicted molar refractivity (Wildman–Crippen MR) is 86.2 cm³/mol. The van der Waals surface area contributed by atoms with Crippen LogP contribution in [0.25, 0.3) is 0 Å². The van der Waals surface area contributed by atoms with Gasteiger partial charge in [-0.1, -0.05) is 6.07 Å². The highest BCUT2D eigenvalue weighted by Crippen LogP contribution is 2.35. The van der Waals surface area contributed by atoms with Gasteiger partial charge >= 0.3 is 0 Å². The van der Waals surface area contributed by atoms with E-state index in [-0.39, 0.29) is 24.2 Å². The Morgan fingerprint density at radius 2 is 2.17 bits per heavy atom. The molecule has 1 aromatic rings. The number of piperidine rings is 1. The van der Waals surface area contributed by atoms with E-state index >= 15 is 0 Å². The number of likely N-dealkylation sites (N-methyl/N-ethyl adjacent to an activating group) is 1. The van der Waals surface area contributed by atoms with Crippen LogP contribution < -0.4 is 4.74 Å². The molecule has 2 aliphatic rings. The van der Waals surface area contributed by atoms with Crippen LogP contribution in [0.5, 0.6) is 5.88 Å². The number of carbonyl (C=O) groups excluding carboxylic acids is 1. The lowest BCUT2D eigenvalue weighted by molar-refractivity contribution is -0.183. The molecule has 1 amide bonds. The van der Waals surface area contributed by atoms with Crippen molar-refractivity contribution in [3.63, 3.8) is 0 Å². The van der Waals surface area contributed by atoms with E-state index in [1.54, 1.807) is 13.3 Å². The molecule has 6 nitrogen and oxygen atoms in total. The number of hydrogen-bond donors (Lipinski definition) is 0. The number of rotatable bonds is 3. The summed E-state index contributed by atoms with van der Waals surface area (Å²) in [7, 11) is 3.53. The summed E-state index contributed by atoms with van der Waals surface area (Å²) in [6.07, 6.45) is 3.63.